The summed E-state index contributed by atoms with van der Waals surface area (Å²) in [5.74, 6) is 0.188. The van der Waals surface area contributed by atoms with E-state index in [0.717, 1.165) is 0 Å². The van der Waals surface area contributed by atoms with Crippen molar-refractivity contribution in [2.75, 3.05) is 14.2 Å². The molecule has 2 aromatic carbocycles. The molecule has 0 aliphatic rings. The summed E-state index contributed by atoms with van der Waals surface area (Å²) < 4.78 is 15.5. The molecule has 0 atom stereocenters. The van der Waals surface area contributed by atoms with Crippen LogP contribution >= 0.6 is 11.6 Å². The van der Waals surface area contributed by atoms with E-state index < -0.39 is 0 Å². The highest BCUT2D eigenvalue weighted by atomic mass is 35.5. The Morgan fingerprint density at radius 2 is 1.54 bits per heavy atom. The number of hydrogen-bond acceptors (Lipinski definition) is 9. The van der Waals surface area contributed by atoms with Crippen molar-refractivity contribution in [3.63, 3.8) is 0 Å². The normalized spacial score (nSPS) is 10.8. The third-order valence-corrected chi connectivity index (χ3v) is 3.89. The summed E-state index contributed by atoms with van der Waals surface area (Å²) in [5, 5.41) is 19.6. The van der Waals surface area contributed by atoms with Crippen LogP contribution in [0.1, 0.15) is 0 Å². The van der Waals surface area contributed by atoms with Gasteiger partial charge in [-0.1, -0.05) is 11.6 Å². The first kappa shape index (κ1) is 17.7. The van der Waals surface area contributed by atoms with Crippen LogP contribution in [0, 0.1) is 0 Å². The van der Waals surface area contributed by atoms with E-state index >= 15 is 0 Å². The summed E-state index contributed by atoms with van der Waals surface area (Å²) in [7, 11) is 2.82. The van der Waals surface area contributed by atoms with Gasteiger partial charge in [0.2, 0.25) is 0 Å². The Kier molecular flexibility index (Phi) is 4.53. The highest BCUT2D eigenvalue weighted by molar-refractivity contribution is 6.31. The number of aromatic hydroxyl groups is 1. The van der Waals surface area contributed by atoms with E-state index in [4.69, 9.17) is 25.8 Å². The summed E-state index contributed by atoms with van der Waals surface area (Å²) in [6, 6.07) is 9.78. The van der Waals surface area contributed by atoms with Crippen LogP contribution in [0.25, 0.3) is 16.7 Å². The number of benzene rings is 2. The number of ether oxygens (including phenoxy) is 3. The van der Waals surface area contributed by atoms with E-state index in [2.05, 4.69) is 25.1 Å². The Hall–Kier alpha value is -3.66. The molecule has 11 heteroatoms. The Morgan fingerprint density at radius 3 is 2.21 bits per heavy atom. The molecule has 0 aliphatic heterocycles. The van der Waals surface area contributed by atoms with Gasteiger partial charge >= 0.3 is 18.0 Å². The van der Waals surface area contributed by atoms with Crippen LogP contribution in [0.4, 0.5) is 0 Å². The minimum Gasteiger partial charge on any atom is -0.505 e. The molecular formula is C17H13ClN6O4. The lowest BCUT2D eigenvalue weighted by Crippen LogP contribution is -2.02. The van der Waals surface area contributed by atoms with Gasteiger partial charge in [-0.25, -0.2) is 0 Å². The smallest absolute Gasteiger partial charge is 0.331 e. The van der Waals surface area contributed by atoms with Gasteiger partial charge in [0.15, 0.2) is 0 Å². The molecule has 0 amide bonds. The van der Waals surface area contributed by atoms with E-state index in [-0.39, 0.29) is 29.5 Å². The van der Waals surface area contributed by atoms with Crippen molar-refractivity contribution in [1.82, 2.24) is 29.9 Å². The van der Waals surface area contributed by atoms with Crippen LogP contribution in [-0.2, 0) is 0 Å². The molecule has 1 N–H and O–H groups in total. The van der Waals surface area contributed by atoms with Gasteiger partial charge < -0.3 is 19.3 Å². The highest BCUT2D eigenvalue weighted by Crippen LogP contribution is 2.29. The van der Waals surface area contributed by atoms with E-state index in [9.17, 15) is 5.11 Å². The van der Waals surface area contributed by atoms with Gasteiger partial charge in [-0.05, 0) is 30.3 Å². The summed E-state index contributed by atoms with van der Waals surface area (Å²) in [6.07, 6.45) is 0. The standard InChI is InChI=1S/C17H13ClN6O4/c1-26-15-19-16(27-2)21-17(20-15)28-10-4-6-13(14(25)8-10)24-22-11-5-3-9(18)7-12(11)23-24/h3-8,25H,1-2H3. The Morgan fingerprint density at radius 1 is 0.857 bits per heavy atom. The van der Waals surface area contributed by atoms with E-state index in [1.807, 2.05) is 0 Å². The zero-order valence-electron chi connectivity index (χ0n) is 14.7. The van der Waals surface area contributed by atoms with Gasteiger partial charge in [-0.15, -0.1) is 29.9 Å². The molecule has 10 nitrogen and oxygen atoms in total. The lowest BCUT2D eigenvalue weighted by molar-refractivity contribution is 0.320. The van der Waals surface area contributed by atoms with Gasteiger partial charge in [0, 0.05) is 11.1 Å². The van der Waals surface area contributed by atoms with E-state index in [1.165, 1.54) is 25.1 Å². The zero-order valence-corrected chi connectivity index (χ0v) is 15.5. The molecular weight excluding hydrogens is 388 g/mol. The Balaban J connectivity index is 1.64. The van der Waals surface area contributed by atoms with Crippen molar-refractivity contribution in [2.45, 2.75) is 0 Å². The fraction of sp³-hybridized carbons (Fsp3) is 0.118. The average Bonchev–Trinajstić information content (AvgIpc) is 3.10. The van der Waals surface area contributed by atoms with Crippen molar-refractivity contribution in [3.8, 4) is 35.2 Å². The molecule has 2 heterocycles. The molecule has 28 heavy (non-hydrogen) atoms. The quantitative estimate of drug-likeness (QED) is 0.539. The third kappa shape index (κ3) is 3.45. The lowest BCUT2D eigenvalue weighted by atomic mass is 10.3. The minimum atomic E-state index is -0.100. The first-order valence-electron chi connectivity index (χ1n) is 7.93. The number of halogens is 1. The molecule has 0 radical (unpaired) electrons. The number of fused-ring (bicyclic) bond motifs is 1. The fourth-order valence-electron chi connectivity index (χ4n) is 2.39. The van der Waals surface area contributed by atoms with Crippen molar-refractivity contribution in [1.29, 1.82) is 0 Å². The van der Waals surface area contributed by atoms with Crippen LogP contribution < -0.4 is 14.2 Å². The summed E-state index contributed by atoms with van der Waals surface area (Å²) >= 11 is 5.97. The number of rotatable bonds is 5. The first-order chi connectivity index (χ1) is 13.6. The van der Waals surface area contributed by atoms with E-state index in [1.54, 1.807) is 30.3 Å². The third-order valence-electron chi connectivity index (χ3n) is 3.65. The summed E-state index contributed by atoms with van der Waals surface area (Å²) in [4.78, 5) is 13.1. The predicted octanol–water partition coefficient (Wildman–Crippen LogP) is 2.77. The SMILES string of the molecule is COc1nc(OC)nc(Oc2ccc(-n3nc4ccc(Cl)cc4n3)c(O)c2)n1. The predicted molar refractivity (Wildman–Crippen MR) is 98.5 cm³/mol. The van der Waals surface area contributed by atoms with Crippen LogP contribution in [0.3, 0.4) is 0 Å². The van der Waals surface area contributed by atoms with Crippen LogP contribution in [0.15, 0.2) is 36.4 Å². The second-order valence-electron chi connectivity index (χ2n) is 5.47. The molecule has 0 aliphatic carbocycles. The van der Waals surface area contributed by atoms with E-state index in [0.29, 0.717) is 21.7 Å². The molecule has 0 bridgehead atoms. The molecule has 0 fully saturated rings. The highest BCUT2D eigenvalue weighted by Gasteiger charge is 2.13. The van der Waals surface area contributed by atoms with Crippen molar-refractivity contribution >= 4 is 22.6 Å². The molecule has 4 rings (SSSR count). The van der Waals surface area contributed by atoms with Gasteiger partial charge in [-0.3, -0.25) is 0 Å². The van der Waals surface area contributed by atoms with Crippen molar-refractivity contribution in [2.24, 2.45) is 0 Å². The monoisotopic (exact) mass is 400 g/mol. The van der Waals surface area contributed by atoms with Crippen molar-refractivity contribution in [3.05, 3.63) is 41.4 Å². The molecule has 142 valence electrons. The van der Waals surface area contributed by atoms with Crippen LogP contribution in [0.5, 0.6) is 29.5 Å². The topological polar surface area (TPSA) is 117 Å². The number of phenols is 1. The Labute approximate surface area is 163 Å². The summed E-state index contributed by atoms with van der Waals surface area (Å²) in [5.41, 5.74) is 1.62. The largest absolute Gasteiger partial charge is 0.505 e. The number of nitrogens with zero attached hydrogens (tertiary/aromatic N) is 6. The fourth-order valence-corrected chi connectivity index (χ4v) is 2.55. The zero-order chi connectivity index (χ0) is 19.7. The molecule has 0 saturated carbocycles. The molecule has 2 aromatic heterocycles. The van der Waals surface area contributed by atoms with Gasteiger partial charge in [0.1, 0.15) is 28.2 Å². The molecule has 0 spiro atoms. The van der Waals surface area contributed by atoms with Crippen LogP contribution in [-0.4, -0.2) is 49.3 Å². The minimum absolute atomic E-state index is 0.0359. The maximum atomic E-state index is 10.4. The Bertz CT molecular complexity index is 1140. The summed E-state index contributed by atoms with van der Waals surface area (Å²) in [6.45, 7) is 0. The maximum Gasteiger partial charge on any atom is 0.331 e. The number of phenolic OH excluding ortho intramolecular Hbond substituents is 1. The maximum absolute atomic E-state index is 10.4. The van der Waals surface area contributed by atoms with Gasteiger partial charge in [0.05, 0.1) is 14.2 Å². The average molecular weight is 401 g/mol. The molecule has 0 unspecified atom stereocenters. The second kappa shape index (κ2) is 7.16. The molecule has 0 saturated heterocycles. The second-order valence-corrected chi connectivity index (χ2v) is 5.90. The van der Waals surface area contributed by atoms with Crippen LogP contribution in [0.2, 0.25) is 5.02 Å². The lowest BCUT2D eigenvalue weighted by Gasteiger charge is -2.08. The van der Waals surface area contributed by atoms with Gasteiger partial charge in [-0.2, -0.15) is 0 Å². The van der Waals surface area contributed by atoms with Gasteiger partial charge in [0.25, 0.3) is 0 Å². The first-order valence-corrected chi connectivity index (χ1v) is 8.31. The number of aromatic nitrogens is 6. The number of methoxy groups -OCH3 is 2. The number of hydrogen-bond donors (Lipinski definition) is 1. The molecule has 4 aromatic rings. The van der Waals surface area contributed by atoms with Crippen molar-refractivity contribution < 1.29 is 19.3 Å².